The summed E-state index contributed by atoms with van der Waals surface area (Å²) in [7, 11) is 0. The number of hydrogen-bond donors (Lipinski definition) is 0. The van der Waals surface area contributed by atoms with Gasteiger partial charge in [0, 0.05) is 67.8 Å². The van der Waals surface area contributed by atoms with Crippen LogP contribution < -0.4 is 0 Å². The van der Waals surface area contributed by atoms with Gasteiger partial charge < -0.3 is 9.80 Å². The van der Waals surface area contributed by atoms with Crippen LogP contribution in [-0.2, 0) is 11.2 Å². The lowest BCUT2D eigenvalue weighted by Gasteiger charge is -2.40. The SMILES string of the molecule is C[C@@H]1CN(C(=O)CCN2CCc3sccc3[C@@H]2c2cccc(F)c2)CCN1C(=O)c1cccc([N+](=O)[O-])c1. The molecule has 1 fully saturated rings. The van der Waals surface area contributed by atoms with E-state index in [2.05, 4.69) is 16.3 Å². The summed E-state index contributed by atoms with van der Waals surface area (Å²) in [4.78, 5) is 43.8. The first-order valence-corrected chi connectivity index (χ1v) is 13.6. The van der Waals surface area contributed by atoms with Crippen LogP contribution in [0.5, 0.6) is 0 Å². The van der Waals surface area contributed by atoms with Crippen LogP contribution in [0.15, 0.2) is 60.0 Å². The first-order chi connectivity index (χ1) is 18.3. The number of carbonyl (C=O) groups excluding carboxylic acids is 2. The smallest absolute Gasteiger partial charge is 0.270 e. The van der Waals surface area contributed by atoms with Gasteiger partial charge in [-0.05, 0) is 54.1 Å². The van der Waals surface area contributed by atoms with Gasteiger partial charge in [0.05, 0.1) is 11.0 Å². The Hall–Kier alpha value is -3.63. The number of halogens is 1. The highest BCUT2D eigenvalue weighted by Gasteiger charge is 2.33. The molecular formula is C28H29FN4O4S. The van der Waals surface area contributed by atoms with Crippen molar-refractivity contribution in [2.75, 3.05) is 32.7 Å². The van der Waals surface area contributed by atoms with Crippen molar-refractivity contribution in [3.8, 4) is 0 Å². The van der Waals surface area contributed by atoms with E-state index in [4.69, 9.17) is 0 Å². The normalized spacial score (nSPS) is 19.7. The molecule has 10 heteroatoms. The van der Waals surface area contributed by atoms with Crippen molar-refractivity contribution in [1.29, 1.82) is 0 Å². The van der Waals surface area contributed by atoms with Crippen LogP contribution in [0.1, 0.15) is 45.7 Å². The van der Waals surface area contributed by atoms with Gasteiger partial charge in [0.15, 0.2) is 0 Å². The second kappa shape index (κ2) is 11.0. The van der Waals surface area contributed by atoms with Crippen molar-refractivity contribution in [2.24, 2.45) is 0 Å². The monoisotopic (exact) mass is 536 g/mol. The molecule has 1 saturated heterocycles. The summed E-state index contributed by atoms with van der Waals surface area (Å²) in [6, 6.07) is 14.2. The molecular weight excluding hydrogens is 507 g/mol. The molecule has 0 spiro atoms. The third-order valence-electron chi connectivity index (χ3n) is 7.39. The lowest BCUT2D eigenvalue weighted by atomic mass is 9.93. The van der Waals surface area contributed by atoms with E-state index >= 15 is 0 Å². The molecule has 0 aliphatic carbocycles. The molecule has 2 aromatic carbocycles. The molecule has 2 atom stereocenters. The maximum absolute atomic E-state index is 14.1. The molecule has 198 valence electrons. The van der Waals surface area contributed by atoms with Gasteiger partial charge in [-0.15, -0.1) is 11.3 Å². The number of hydrogen-bond acceptors (Lipinski definition) is 6. The van der Waals surface area contributed by atoms with Crippen molar-refractivity contribution >= 4 is 28.8 Å². The number of carbonyl (C=O) groups is 2. The van der Waals surface area contributed by atoms with Crippen LogP contribution in [0, 0.1) is 15.9 Å². The fraction of sp³-hybridized carbons (Fsp3) is 0.357. The Labute approximate surface area is 224 Å². The Kier molecular flexibility index (Phi) is 7.53. The standard InChI is InChI=1S/C28H29FN4O4S/c1-19-18-31(13-14-32(19)28(35)21-5-3-7-23(17-21)33(36)37)26(34)9-12-30-11-8-25-24(10-15-38-25)27(30)20-4-2-6-22(29)16-20/h2-7,10,15-17,19,27H,8-9,11-14,18H2,1H3/t19-,27+/m1/s1. The maximum atomic E-state index is 14.1. The molecule has 0 unspecified atom stereocenters. The minimum absolute atomic E-state index is 0.0217. The second-order valence-electron chi connectivity index (χ2n) is 9.79. The number of amides is 2. The van der Waals surface area contributed by atoms with Gasteiger partial charge in [0.25, 0.3) is 11.6 Å². The van der Waals surface area contributed by atoms with E-state index in [0.29, 0.717) is 32.6 Å². The fourth-order valence-corrected chi connectivity index (χ4v) is 6.38. The number of thiophene rings is 1. The lowest BCUT2D eigenvalue weighted by molar-refractivity contribution is -0.384. The maximum Gasteiger partial charge on any atom is 0.270 e. The summed E-state index contributed by atoms with van der Waals surface area (Å²) in [5, 5.41) is 13.2. The number of benzene rings is 2. The molecule has 38 heavy (non-hydrogen) atoms. The minimum Gasteiger partial charge on any atom is -0.339 e. The number of nitrogens with zero attached hydrogens (tertiary/aromatic N) is 4. The zero-order valence-corrected chi connectivity index (χ0v) is 21.9. The molecule has 0 radical (unpaired) electrons. The van der Waals surface area contributed by atoms with E-state index < -0.39 is 4.92 Å². The molecule has 2 aliphatic rings. The van der Waals surface area contributed by atoms with E-state index in [-0.39, 0.29) is 41.0 Å². The first kappa shape index (κ1) is 26.0. The summed E-state index contributed by atoms with van der Waals surface area (Å²) < 4.78 is 14.1. The third-order valence-corrected chi connectivity index (χ3v) is 8.38. The van der Waals surface area contributed by atoms with E-state index in [0.717, 1.165) is 18.5 Å². The van der Waals surface area contributed by atoms with E-state index in [1.165, 1.54) is 34.7 Å². The van der Waals surface area contributed by atoms with Crippen molar-refractivity contribution < 1.29 is 18.9 Å². The Bertz CT molecular complexity index is 1360. The molecule has 1 aromatic heterocycles. The van der Waals surface area contributed by atoms with Gasteiger partial charge in [0.1, 0.15) is 5.82 Å². The number of non-ortho nitro benzene ring substituents is 1. The predicted molar refractivity (Wildman–Crippen MR) is 143 cm³/mol. The van der Waals surface area contributed by atoms with Gasteiger partial charge in [0.2, 0.25) is 5.91 Å². The van der Waals surface area contributed by atoms with Gasteiger partial charge in [-0.3, -0.25) is 24.6 Å². The van der Waals surface area contributed by atoms with Crippen molar-refractivity contribution in [3.63, 3.8) is 0 Å². The van der Waals surface area contributed by atoms with Crippen LogP contribution in [0.4, 0.5) is 10.1 Å². The lowest BCUT2D eigenvalue weighted by Crippen LogP contribution is -2.55. The number of nitro groups is 1. The number of fused-ring (bicyclic) bond motifs is 1. The zero-order valence-electron chi connectivity index (χ0n) is 21.1. The highest BCUT2D eigenvalue weighted by Crippen LogP contribution is 2.38. The molecule has 0 saturated carbocycles. The van der Waals surface area contributed by atoms with Crippen molar-refractivity contribution in [1.82, 2.24) is 14.7 Å². The molecule has 5 rings (SSSR count). The topological polar surface area (TPSA) is 87.0 Å². The van der Waals surface area contributed by atoms with Crippen LogP contribution in [-0.4, -0.2) is 70.2 Å². The predicted octanol–water partition coefficient (Wildman–Crippen LogP) is 4.51. The quantitative estimate of drug-likeness (QED) is 0.342. The van der Waals surface area contributed by atoms with Gasteiger partial charge in [-0.2, -0.15) is 0 Å². The van der Waals surface area contributed by atoms with Gasteiger partial charge in [-0.1, -0.05) is 18.2 Å². The van der Waals surface area contributed by atoms with Gasteiger partial charge >= 0.3 is 0 Å². The Balaban J connectivity index is 1.22. The van der Waals surface area contributed by atoms with Crippen LogP contribution in [0.25, 0.3) is 0 Å². The van der Waals surface area contributed by atoms with E-state index in [1.807, 2.05) is 13.0 Å². The Morgan fingerprint density at radius 1 is 1.11 bits per heavy atom. The summed E-state index contributed by atoms with van der Waals surface area (Å²) in [6.07, 6.45) is 1.24. The van der Waals surface area contributed by atoms with Gasteiger partial charge in [-0.25, -0.2) is 4.39 Å². The number of nitro benzene ring substituents is 1. The first-order valence-electron chi connectivity index (χ1n) is 12.7. The molecule has 8 nitrogen and oxygen atoms in total. The van der Waals surface area contributed by atoms with Crippen LogP contribution in [0.2, 0.25) is 0 Å². The molecule has 3 aromatic rings. The number of rotatable bonds is 6. The van der Waals surface area contributed by atoms with E-state index in [1.54, 1.807) is 39.3 Å². The third kappa shape index (κ3) is 5.32. The second-order valence-corrected chi connectivity index (χ2v) is 10.8. The van der Waals surface area contributed by atoms with E-state index in [9.17, 15) is 24.1 Å². The molecule has 2 amide bonds. The summed E-state index contributed by atoms with van der Waals surface area (Å²) in [6.45, 7) is 4.41. The molecule has 0 N–H and O–H groups in total. The Morgan fingerprint density at radius 2 is 1.92 bits per heavy atom. The summed E-state index contributed by atoms with van der Waals surface area (Å²) >= 11 is 1.72. The van der Waals surface area contributed by atoms with Crippen molar-refractivity contribution in [3.05, 3.63) is 97.5 Å². The minimum atomic E-state index is -0.517. The average Bonchev–Trinajstić information content (AvgIpc) is 3.40. The van der Waals surface area contributed by atoms with Crippen molar-refractivity contribution in [2.45, 2.75) is 31.8 Å². The molecule has 0 bridgehead atoms. The Morgan fingerprint density at radius 3 is 2.68 bits per heavy atom. The highest BCUT2D eigenvalue weighted by atomic mass is 32.1. The fourth-order valence-electron chi connectivity index (χ4n) is 5.48. The largest absolute Gasteiger partial charge is 0.339 e. The number of piperazine rings is 1. The molecule has 2 aliphatic heterocycles. The zero-order chi connectivity index (χ0) is 26.8. The summed E-state index contributed by atoms with van der Waals surface area (Å²) in [5.41, 5.74) is 2.22. The summed E-state index contributed by atoms with van der Waals surface area (Å²) in [5.74, 6) is -0.521. The average molecular weight is 537 g/mol. The van der Waals surface area contributed by atoms with Crippen LogP contribution >= 0.6 is 11.3 Å². The highest BCUT2D eigenvalue weighted by molar-refractivity contribution is 7.10. The molecule has 3 heterocycles. The van der Waals surface area contributed by atoms with Crippen LogP contribution in [0.3, 0.4) is 0 Å².